The van der Waals surface area contributed by atoms with Crippen LogP contribution in [0.1, 0.15) is 41.0 Å². The predicted molar refractivity (Wildman–Crippen MR) is 84.1 cm³/mol. The lowest BCUT2D eigenvalue weighted by Crippen LogP contribution is -2.47. The molecule has 0 radical (unpaired) electrons. The first kappa shape index (κ1) is 18.8. The maximum absolute atomic E-state index is 5.83. The molecule has 114 valence electrons. The molecule has 0 spiro atoms. The fraction of sp³-hybridized carbons (Fsp3) is 0.929. The maximum atomic E-state index is 5.83. The summed E-state index contributed by atoms with van der Waals surface area (Å²) in [6.07, 6.45) is 2.72. The van der Waals surface area contributed by atoms with Gasteiger partial charge in [0, 0.05) is 36.3 Å². The summed E-state index contributed by atoms with van der Waals surface area (Å²) in [5.41, 5.74) is 0. The van der Waals surface area contributed by atoms with E-state index in [-0.39, 0.29) is 6.10 Å². The summed E-state index contributed by atoms with van der Waals surface area (Å²) in [7, 11) is 1.03. The number of rotatable bonds is 11. The Labute approximate surface area is 121 Å². The highest BCUT2D eigenvalue weighted by atomic mass is 28.1. The number of hydrogen-bond acceptors (Lipinski definition) is 4. The van der Waals surface area contributed by atoms with Crippen molar-refractivity contribution in [1.29, 1.82) is 0 Å². The van der Waals surface area contributed by atoms with Gasteiger partial charge in [0.15, 0.2) is 0 Å². The SMILES string of the molecule is CCOC(C[SiH3])C(N=CCC(C)C)(OCC)OCC. The van der Waals surface area contributed by atoms with E-state index in [0.29, 0.717) is 25.7 Å². The van der Waals surface area contributed by atoms with E-state index < -0.39 is 5.91 Å². The molecule has 1 atom stereocenters. The van der Waals surface area contributed by atoms with Gasteiger partial charge in [0.05, 0.1) is 0 Å². The zero-order chi connectivity index (χ0) is 14.7. The third-order valence-electron chi connectivity index (χ3n) is 2.70. The van der Waals surface area contributed by atoms with Crippen LogP contribution < -0.4 is 0 Å². The molecule has 0 fully saturated rings. The highest BCUT2D eigenvalue weighted by Gasteiger charge is 2.40. The van der Waals surface area contributed by atoms with Crippen molar-refractivity contribution >= 4 is 16.5 Å². The van der Waals surface area contributed by atoms with Crippen LogP contribution in [0.5, 0.6) is 0 Å². The van der Waals surface area contributed by atoms with Crippen molar-refractivity contribution in [1.82, 2.24) is 0 Å². The van der Waals surface area contributed by atoms with Gasteiger partial charge in [0.25, 0.3) is 5.91 Å². The molecule has 0 N–H and O–H groups in total. The Morgan fingerprint density at radius 2 is 1.68 bits per heavy atom. The number of hydrogen-bond donors (Lipinski definition) is 0. The average molecular weight is 289 g/mol. The van der Waals surface area contributed by atoms with Gasteiger partial charge in [-0.3, -0.25) is 0 Å². The Morgan fingerprint density at radius 3 is 2.05 bits per heavy atom. The van der Waals surface area contributed by atoms with Crippen molar-refractivity contribution < 1.29 is 14.2 Å². The molecule has 1 unspecified atom stereocenters. The van der Waals surface area contributed by atoms with Crippen LogP contribution in [0.3, 0.4) is 0 Å². The number of aliphatic imine (C=N–C) groups is 1. The van der Waals surface area contributed by atoms with Gasteiger partial charge in [-0.1, -0.05) is 13.8 Å². The molecule has 4 nitrogen and oxygen atoms in total. The van der Waals surface area contributed by atoms with E-state index in [4.69, 9.17) is 14.2 Å². The predicted octanol–water partition coefficient (Wildman–Crippen LogP) is 2.02. The van der Waals surface area contributed by atoms with Gasteiger partial charge >= 0.3 is 0 Å². The molecule has 0 heterocycles. The van der Waals surface area contributed by atoms with E-state index in [9.17, 15) is 0 Å². The van der Waals surface area contributed by atoms with Crippen LogP contribution in [0, 0.1) is 5.92 Å². The molecule has 0 aliphatic rings. The largest absolute Gasteiger partial charge is 0.371 e. The zero-order valence-corrected chi connectivity index (χ0v) is 15.4. The van der Waals surface area contributed by atoms with Crippen LogP contribution in [0.25, 0.3) is 0 Å². The molecule has 0 aromatic rings. The molecule has 0 amide bonds. The van der Waals surface area contributed by atoms with E-state index in [2.05, 4.69) is 18.8 Å². The Bertz CT molecular complexity index is 241. The Morgan fingerprint density at radius 1 is 1.11 bits per heavy atom. The van der Waals surface area contributed by atoms with Crippen LogP contribution in [-0.2, 0) is 14.2 Å². The van der Waals surface area contributed by atoms with Crippen molar-refractivity contribution in [3.05, 3.63) is 0 Å². The van der Waals surface area contributed by atoms with Crippen molar-refractivity contribution in [2.24, 2.45) is 10.9 Å². The maximum Gasteiger partial charge on any atom is 0.296 e. The van der Waals surface area contributed by atoms with Crippen LogP contribution in [0.2, 0.25) is 6.04 Å². The van der Waals surface area contributed by atoms with Gasteiger partial charge in [0.1, 0.15) is 6.10 Å². The topological polar surface area (TPSA) is 40.0 Å². The second-order valence-electron chi connectivity index (χ2n) is 4.79. The first-order valence-corrected chi connectivity index (χ1v) is 8.90. The number of nitrogens with zero attached hydrogens (tertiary/aromatic N) is 1. The van der Waals surface area contributed by atoms with Crippen molar-refractivity contribution in [2.45, 2.75) is 59.1 Å². The zero-order valence-electron chi connectivity index (χ0n) is 13.4. The van der Waals surface area contributed by atoms with Gasteiger partial charge in [-0.2, -0.15) is 0 Å². The molecule has 0 rings (SSSR count). The molecule has 0 bridgehead atoms. The average Bonchev–Trinajstić information content (AvgIpc) is 2.35. The highest BCUT2D eigenvalue weighted by Crippen LogP contribution is 2.25. The second-order valence-corrected chi connectivity index (χ2v) is 5.61. The van der Waals surface area contributed by atoms with E-state index >= 15 is 0 Å². The van der Waals surface area contributed by atoms with E-state index in [1.807, 2.05) is 27.0 Å². The molecule has 0 saturated carbocycles. The van der Waals surface area contributed by atoms with Crippen LogP contribution in [0.4, 0.5) is 0 Å². The summed E-state index contributed by atoms with van der Waals surface area (Å²) in [5.74, 6) is -0.387. The minimum absolute atomic E-state index is 0.118. The van der Waals surface area contributed by atoms with Gasteiger partial charge in [-0.25, -0.2) is 4.99 Å². The standard InChI is InChI=1S/C14H31NO3Si/c1-6-16-13(11-19)14(17-7-2,18-8-3)15-10-9-12(4)5/h10,12-13H,6-9,11H2,1-5,19H3. The first-order valence-electron chi connectivity index (χ1n) is 7.49. The van der Waals surface area contributed by atoms with Crippen LogP contribution in [0.15, 0.2) is 4.99 Å². The Hall–Kier alpha value is -0.233. The molecule has 0 saturated heterocycles. The molecular weight excluding hydrogens is 258 g/mol. The third kappa shape index (κ3) is 6.65. The van der Waals surface area contributed by atoms with Gasteiger partial charge < -0.3 is 14.2 Å². The van der Waals surface area contributed by atoms with Gasteiger partial charge in [-0.05, 0) is 39.2 Å². The molecule has 0 aliphatic heterocycles. The second kappa shape index (κ2) is 10.5. The summed E-state index contributed by atoms with van der Waals surface area (Å²) in [4.78, 5) is 4.59. The molecule has 0 aliphatic carbocycles. The third-order valence-corrected chi connectivity index (χ3v) is 3.44. The minimum Gasteiger partial charge on any atom is -0.371 e. The smallest absolute Gasteiger partial charge is 0.296 e. The van der Waals surface area contributed by atoms with E-state index in [1.54, 1.807) is 0 Å². The highest BCUT2D eigenvalue weighted by molar-refractivity contribution is 6.08. The normalized spacial score (nSPS) is 14.6. The Kier molecular flexibility index (Phi) is 10.4. The summed E-state index contributed by atoms with van der Waals surface area (Å²) in [6.45, 7) is 12.0. The lowest BCUT2D eigenvalue weighted by atomic mass is 10.1. The number of ether oxygens (including phenoxy) is 3. The van der Waals surface area contributed by atoms with Gasteiger partial charge in [0.2, 0.25) is 0 Å². The summed E-state index contributed by atoms with van der Waals surface area (Å²) < 4.78 is 17.5. The lowest BCUT2D eigenvalue weighted by Gasteiger charge is -2.35. The first-order chi connectivity index (χ1) is 9.06. The molecule has 19 heavy (non-hydrogen) atoms. The quantitative estimate of drug-likeness (QED) is 0.332. The summed E-state index contributed by atoms with van der Waals surface area (Å²) >= 11 is 0. The summed E-state index contributed by atoms with van der Waals surface area (Å²) in [6, 6.07) is 0.937. The van der Waals surface area contributed by atoms with Crippen molar-refractivity contribution in [3.8, 4) is 0 Å². The summed E-state index contributed by atoms with van der Waals surface area (Å²) in [5, 5.41) is 0. The van der Waals surface area contributed by atoms with Gasteiger partial charge in [-0.15, -0.1) is 0 Å². The monoisotopic (exact) mass is 289 g/mol. The fourth-order valence-corrected chi connectivity index (χ4v) is 2.62. The Balaban J connectivity index is 5.07. The van der Waals surface area contributed by atoms with Crippen molar-refractivity contribution in [2.75, 3.05) is 19.8 Å². The van der Waals surface area contributed by atoms with E-state index in [1.165, 1.54) is 0 Å². The van der Waals surface area contributed by atoms with E-state index in [0.717, 1.165) is 22.7 Å². The molecule has 0 aromatic carbocycles. The molecule has 0 aromatic heterocycles. The van der Waals surface area contributed by atoms with Crippen molar-refractivity contribution in [3.63, 3.8) is 0 Å². The van der Waals surface area contributed by atoms with Crippen LogP contribution in [-0.4, -0.2) is 48.3 Å². The molecular formula is C14H31NO3Si. The molecule has 5 heteroatoms. The lowest BCUT2D eigenvalue weighted by molar-refractivity contribution is -0.278. The minimum atomic E-state index is -0.962. The van der Waals surface area contributed by atoms with Crippen LogP contribution >= 0.6 is 0 Å². The fourth-order valence-electron chi connectivity index (χ4n) is 1.87.